The zero-order chi connectivity index (χ0) is 13.5. The molecule has 1 heterocycles. The first-order valence-electron chi connectivity index (χ1n) is 5.92. The second-order valence-electron chi connectivity index (χ2n) is 4.43. The van der Waals surface area contributed by atoms with Crippen LogP contribution >= 0.6 is 0 Å². The molecule has 0 spiro atoms. The van der Waals surface area contributed by atoms with E-state index in [1.807, 2.05) is 0 Å². The van der Waals surface area contributed by atoms with E-state index in [1.54, 1.807) is 13.0 Å². The fourth-order valence-electron chi connectivity index (χ4n) is 1.32. The number of carboxylic acid groups (broad SMARTS) is 1. The van der Waals surface area contributed by atoms with Gasteiger partial charge in [-0.3, -0.25) is 0 Å². The summed E-state index contributed by atoms with van der Waals surface area (Å²) < 4.78 is 10.7. The monoisotopic (exact) mass is 253 g/mol. The van der Waals surface area contributed by atoms with Gasteiger partial charge in [-0.05, 0) is 25.0 Å². The highest BCUT2D eigenvalue weighted by Crippen LogP contribution is 2.15. The van der Waals surface area contributed by atoms with Gasteiger partial charge in [0, 0.05) is 12.3 Å². The van der Waals surface area contributed by atoms with Gasteiger partial charge in [0.05, 0.1) is 6.61 Å². The third-order valence-corrected chi connectivity index (χ3v) is 2.15. The smallest absolute Gasteiger partial charge is 0.341 e. The van der Waals surface area contributed by atoms with Gasteiger partial charge in [0.1, 0.15) is 12.2 Å². The van der Waals surface area contributed by atoms with Crippen molar-refractivity contribution in [1.82, 2.24) is 4.98 Å². The standard InChI is InChI=1S/C13H19NO4/c1-9(2)8-17-6-7-18-12-11(13(15)16)5-4-10(3)14-12/h4-5,9H,6-8H2,1-3H3,(H,15,16). The van der Waals surface area contributed by atoms with Gasteiger partial charge >= 0.3 is 5.97 Å². The third-order valence-electron chi connectivity index (χ3n) is 2.15. The van der Waals surface area contributed by atoms with Crippen molar-refractivity contribution in [3.05, 3.63) is 23.4 Å². The van der Waals surface area contributed by atoms with E-state index in [2.05, 4.69) is 18.8 Å². The molecule has 0 aliphatic carbocycles. The van der Waals surface area contributed by atoms with Crippen LogP contribution in [0.5, 0.6) is 5.88 Å². The molecular formula is C13H19NO4. The largest absolute Gasteiger partial charge is 0.477 e. The van der Waals surface area contributed by atoms with Gasteiger partial charge in [-0.1, -0.05) is 13.8 Å². The Labute approximate surface area is 107 Å². The van der Waals surface area contributed by atoms with E-state index in [1.165, 1.54) is 6.07 Å². The van der Waals surface area contributed by atoms with Crippen LogP contribution in [0.25, 0.3) is 0 Å². The molecule has 0 aliphatic rings. The number of carbonyl (C=O) groups is 1. The first kappa shape index (κ1) is 14.4. The predicted molar refractivity (Wildman–Crippen MR) is 67.1 cm³/mol. The van der Waals surface area contributed by atoms with E-state index in [0.29, 0.717) is 25.7 Å². The van der Waals surface area contributed by atoms with E-state index in [0.717, 1.165) is 5.69 Å². The third kappa shape index (κ3) is 4.71. The molecule has 1 rings (SSSR count). The molecule has 0 fully saturated rings. The summed E-state index contributed by atoms with van der Waals surface area (Å²) in [5.74, 6) is -0.423. The molecule has 0 atom stereocenters. The lowest BCUT2D eigenvalue weighted by molar-refractivity contribution is 0.0673. The van der Waals surface area contributed by atoms with Crippen molar-refractivity contribution in [2.45, 2.75) is 20.8 Å². The maximum absolute atomic E-state index is 11.0. The number of pyridine rings is 1. The number of nitrogens with zero attached hydrogens (tertiary/aromatic N) is 1. The summed E-state index contributed by atoms with van der Waals surface area (Å²) in [6.45, 7) is 7.29. The quantitative estimate of drug-likeness (QED) is 0.754. The van der Waals surface area contributed by atoms with Crippen molar-refractivity contribution in [2.75, 3.05) is 19.8 Å². The highest BCUT2D eigenvalue weighted by molar-refractivity contribution is 5.90. The number of carboxylic acids is 1. The Morgan fingerprint density at radius 3 is 2.72 bits per heavy atom. The molecule has 0 unspecified atom stereocenters. The molecule has 0 amide bonds. The maximum atomic E-state index is 11.0. The summed E-state index contributed by atoms with van der Waals surface area (Å²) in [7, 11) is 0. The van der Waals surface area contributed by atoms with Gasteiger partial charge in [-0.2, -0.15) is 0 Å². The Kier molecular flexibility index (Phi) is 5.58. The molecule has 1 aromatic heterocycles. The number of hydrogen-bond donors (Lipinski definition) is 1. The number of aryl methyl sites for hydroxylation is 1. The lowest BCUT2D eigenvalue weighted by atomic mass is 10.2. The molecule has 0 saturated heterocycles. The first-order valence-corrected chi connectivity index (χ1v) is 5.92. The molecule has 5 nitrogen and oxygen atoms in total. The van der Waals surface area contributed by atoms with Gasteiger partial charge < -0.3 is 14.6 Å². The molecule has 0 bridgehead atoms. The molecule has 100 valence electrons. The Hall–Kier alpha value is -1.62. The van der Waals surface area contributed by atoms with Crippen LogP contribution in [-0.2, 0) is 4.74 Å². The number of hydrogen-bond acceptors (Lipinski definition) is 4. The highest BCUT2D eigenvalue weighted by Gasteiger charge is 2.12. The fourth-order valence-corrected chi connectivity index (χ4v) is 1.32. The second kappa shape index (κ2) is 6.96. The average Bonchev–Trinajstić information content (AvgIpc) is 2.27. The molecule has 0 radical (unpaired) electrons. The summed E-state index contributed by atoms with van der Waals surface area (Å²) in [4.78, 5) is 15.0. The van der Waals surface area contributed by atoms with E-state index in [4.69, 9.17) is 14.6 Å². The van der Waals surface area contributed by atoms with Crippen LogP contribution in [0.4, 0.5) is 0 Å². The molecule has 18 heavy (non-hydrogen) atoms. The zero-order valence-electron chi connectivity index (χ0n) is 11.0. The maximum Gasteiger partial charge on any atom is 0.341 e. The molecule has 0 saturated carbocycles. The SMILES string of the molecule is Cc1ccc(C(=O)O)c(OCCOCC(C)C)n1. The Morgan fingerprint density at radius 1 is 1.39 bits per heavy atom. The lowest BCUT2D eigenvalue weighted by Crippen LogP contribution is -2.13. The van der Waals surface area contributed by atoms with Gasteiger partial charge in [0.2, 0.25) is 5.88 Å². The van der Waals surface area contributed by atoms with Gasteiger partial charge in [0.15, 0.2) is 0 Å². The second-order valence-corrected chi connectivity index (χ2v) is 4.43. The van der Waals surface area contributed by atoms with Gasteiger partial charge in [0.25, 0.3) is 0 Å². The molecule has 5 heteroatoms. The number of aromatic nitrogens is 1. The van der Waals surface area contributed by atoms with Crippen molar-refractivity contribution in [1.29, 1.82) is 0 Å². The minimum absolute atomic E-state index is 0.0736. The van der Waals surface area contributed by atoms with E-state index < -0.39 is 5.97 Å². The number of aromatic carboxylic acids is 1. The summed E-state index contributed by atoms with van der Waals surface area (Å²) in [5, 5.41) is 8.98. The minimum Gasteiger partial charge on any atom is -0.477 e. The number of ether oxygens (including phenoxy) is 2. The zero-order valence-corrected chi connectivity index (χ0v) is 11.0. The van der Waals surface area contributed by atoms with Crippen molar-refractivity contribution >= 4 is 5.97 Å². The summed E-state index contributed by atoms with van der Waals surface area (Å²) >= 11 is 0. The van der Waals surface area contributed by atoms with Crippen LogP contribution in [0.3, 0.4) is 0 Å². The fraction of sp³-hybridized carbons (Fsp3) is 0.538. The highest BCUT2D eigenvalue weighted by atomic mass is 16.5. The topological polar surface area (TPSA) is 68.7 Å². The van der Waals surface area contributed by atoms with Crippen LogP contribution < -0.4 is 4.74 Å². The molecule has 0 aromatic carbocycles. The van der Waals surface area contributed by atoms with Crippen LogP contribution in [0, 0.1) is 12.8 Å². The Morgan fingerprint density at radius 2 is 2.11 bits per heavy atom. The summed E-state index contributed by atoms with van der Waals surface area (Å²) in [5.41, 5.74) is 0.794. The normalized spacial score (nSPS) is 10.7. The summed E-state index contributed by atoms with van der Waals surface area (Å²) in [6, 6.07) is 3.14. The minimum atomic E-state index is -1.04. The lowest BCUT2D eigenvalue weighted by Gasteiger charge is -2.10. The molecule has 1 N–H and O–H groups in total. The van der Waals surface area contributed by atoms with Gasteiger partial charge in [-0.25, -0.2) is 9.78 Å². The van der Waals surface area contributed by atoms with Crippen molar-refractivity contribution < 1.29 is 19.4 Å². The van der Waals surface area contributed by atoms with Crippen molar-refractivity contribution in [3.63, 3.8) is 0 Å². The van der Waals surface area contributed by atoms with Crippen LogP contribution in [0.15, 0.2) is 12.1 Å². The van der Waals surface area contributed by atoms with E-state index >= 15 is 0 Å². The number of rotatable bonds is 7. The van der Waals surface area contributed by atoms with Crippen LogP contribution in [0.2, 0.25) is 0 Å². The Bertz CT molecular complexity index is 404. The average molecular weight is 253 g/mol. The van der Waals surface area contributed by atoms with Crippen LogP contribution in [0.1, 0.15) is 29.9 Å². The van der Waals surface area contributed by atoms with Crippen molar-refractivity contribution in [3.8, 4) is 5.88 Å². The summed E-state index contributed by atoms with van der Waals surface area (Å²) in [6.07, 6.45) is 0. The Balaban J connectivity index is 2.50. The molecule has 1 aromatic rings. The van der Waals surface area contributed by atoms with E-state index in [9.17, 15) is 4.79 Å². The van der Waals surface area contributed by atoms with Crippen LogP contribution in [-0.4, -0.2) is 35.9 Å². The molecular weight excluding hydrogens is 234 g/mol. The molecule has 0 aliphatic heterocycles. The van der Waals surface area contributed by atoms with Gasteiger partial charge in [-0.15, -0.1) is 0 Å². The van der Waals surface area contributed by atoms with E-state index in [-0.39, 0.29) is 11.4 Å². The predicted octanol–water partition coefficient (Wildman–Crippen LogP) is 2.14. The van der Waals surface area contributed by atoms with Crippen molar-refractivity contribution in [2.24, 2.45) is 5.92 Å². The first-order chi connectivity index (χ1) is 8.50.